The second-order valence-electron chi connectivity index (χ2n) is 3.51. The quantitative estimate of drug-likeness (QED) is 0.682. The number of benzene rings is 1. The van der Waals surface area contributed by atoms with Crippen LogP contribution in [0.1, 0.15) is 0 Å². The van der Waals surface area contributed by atoms with Gasteiger partial charge in [0.1, 0.15) is 0 Å². The fourth-order valence-corrected chi connectivity index (χ4v) is 1.63. The Hall–Kier alpha value is -2.41. The summed E-state index contributed by atoms with van der Waals surface area (Å²) in [4.78, 5) is 4.19. The highest BCUT2D eigenvalue weighted by Crippen LogP contribution is 2.28. The molecule has 7 nitrogen and oxygen atoms in total. The van der Waals surface area contributed by atoms with E-state index in [1.165, 1.54) is 6.20 Å². The highest BCUT2D eigenvalue weighted by atomic mass is 35.5. The lowest BCUT2D eigenvalue weighted by Gasteiger charge is -1.99. The number of aromatic nitrogens is 5. The molecular formula is C10H7ClN6O. The molecule has 0 saturated heterocycles. The van der Waals surface area contributed by atoms with Crippen molar-refractivity contribution in [3.8, 4) is 23.0 Å². The van der Waals surface area contributed by atoms with Crippen molar-refractivity contribution in [3.05, 3.63) is 29.4 Å². The molecule has 0 unspecified atom stereocenters. The Morgan fingerprint density at radius 2 is 2.22 bits per heavy atom. The molecule has 0 aliphatic heterocycles. The van der Waals surface area contributed by atoms with Crippen LogP contribution in [0, 0.1) is 0 Å². The second-order valence-corrected chi connectivity index (χ2v) is 3.95. The van der Waals surface area contributed by atoms with Gasteiger partial charge in [-0.05, 0) is 18.2 Å². The van der Waals surface area contributed by atoms with Gasteiger partial charge in [0.15, 0.2) is 5.69 Å². The third-order valence-electron chi connectivity index (χ3n) is 2.32. The van der Waals surface area contributed by atoms with Crippen LogP contribution in [0.4, 0.5) is 5.69 Å². The van der Waals surface area contributed by atoms with Gasteiger partial charge in [0.05, 0.1) is 11.8 Å². The van der Waals surface area contributed by atoms with Gasteiger partial charge in [-0.3, -0.25) is 0 Å². The molecule has 2 aromatic heterocycles. The Bertz CT molecular complexity index is 678. The van der Waals surface area contributed by atoms with Crippen molar-refractivity contribution in [3.63, 3.8) is 0 Å². The zero-order valence-corrected chi connectivity index (χ0v) is 9.72. The summed E-state index contributed by atoms with van der Waals surface area (Å²) in [5.41, 5.74) is 7.42. The van der Waals surface area contributed by atoms with E-state index in [1.807, 2.05) is 0 Å². The minimum Gasteiger partial charge on any atom is -0.398 e. The number of hydrogen-bond donors (Lipinski definition) is 2. The minimum atomic E-state index is 0.285. The van der Waals surface area contributed by atoms with E-state index in [0.717, 1.165) is 0 Å². The number of hydrogen-bond acceptors (Lipinski definition) is 6. The van der Waals surface area contributed by atoms with Crippen molar-refractivity contribution in [2.24, 2.45) is 0 Å². The molecule has 18 heavy (non-hydrogen) atoms. The summed E-state index contributed by atoms with van der Waals surface area (Å²) in [6, 6.07) is 5.03. The lowest BCUT2D eigenvalue weighted by atomic mass is 10.2. The average molecular weight is 263 g/mol. The maximum Gasteiger partial charge on any atom is 0.260 e. The van der Waals surface area contributed by atoms with Crippen LogP contribution >= 0.6 is 11.6 Å². The minimum absolute atomic E-state index is 0.285. The Kier molecular flexibility index (Phi) is 2.45. The van der Waals surface area contributed by atoms with Crippen LogP contribution in [0.15, 0.2) is 28.9 Å². The van der Waals surface area contributed by atoms with E-state index in [9.17, 15) is 0 Å². The molecule has 90 valence electrons. The molecule has 0 aliphatic carbocycles. The SMILES string of the molecule is Nc1ccc(Cl)cc1-c1nc(-c2cn[nH]n2)no1. The van der Waals surface area contributed by atoms with Gasteiger partial charge in [0, 0.05) is 10.7 Å². The lowest BCUT2D eigenvalue weighted by molar-refractivity contribution is 0.432. The molecule has 8 heteroatoms. The first-order valence-corrected chi connectivity index (χ1v) is 5.37. The van der Waals surface area contributed by atoms with E-state index < -0.39 is 0 Å². The summed E-state index contributed by atoms with van der Waals surface area (Å²) in [5.74, 6) is 0.617. The Morgan fingerprint density at radius 1 is 1.33 bits per heavy atom. The van der Waals surface area contributed by atoms with Gasteiger partial charge in [0.2, 0.25) is 5.82 Å². The standard InChI is InChI=1S/C10H7ClN6O/c11-5-1-2-7(12)6(3-5)10-14-9(16-18-10)8-4-13-17-15-8/h1-4H,12H2,(H,13,15,17). The topological polar surface area (TPSA) is 107 Å². The highest BCUT2D eigenvalue weighted by molar-refractivity contribution is 6.31. The molecule has 1 aromatic carbocycles. The number of halogens is 1. The maximum atomic E-state index is 5.90. The summed E-state index contributed by atoms with van der Waals surface area (Å²) in [5, 5.41) is 14.3. The van der Waals surface area contributed by atoms with Crippen molar-refractivity contribution >= 4 is 17.3 Å². The monoisotopic (exact) mass is 262 g/mol. The molecule has 3 aromatic rings. The van der Waals surface area contributed by atoms with Crippen LogP contribution in [-0.4, -0.2) is 25.6 Å². The van der Waals surface area contributed by atoms with Gasteiger partial charge in [-0.15, -0.1) is 0 Å². The van der Waals surface area contributed by atoms with Gasteiger partial charge >= 0.3 is 0 Å². The molecule has 0 radical (unpaired) electrons. The predicted octanol–water partition coefficient (Wildman–Crippen LogP) is 1.76. The van der Waals surface area contributed by atoms with Crippen LogP contribution in [0.5, 0.6) is 0 Å². The molecule has 2 heterocycles. The average Bonchev–Trinajstić information content (AvgIpc) is 3.00. The number of nitrogens with two attached hydrogens (primary N) is 1. The fraction of sp³-hybridized carbons (Fsp3) is 0. The van der Waals surface area contributed by atoms with Gasteiger partial charge in [-0.1, -0.05) is 16.8 Å². The molecule has 0 bridgehead atoms. The highest BCUT2D eigenvalue weighted by Gasteiger charge is 2.14. The molecule has 0 amide bonds. The zero-order chi connectivity index (χ0) is 12.5. The first-order valence-electron chi connectivity index (χ1n) is 4.99. The largest absolute Gasteiger partial charge is 0.398 e. The van der Waals surface area contributed by atoms with Crippen molar-refractivity contribution in [1.82, 2.24) is 25.6 Å². The van der Waals surface area contributed by atoms with Crippen LogP contribution in [-0.2, 0) is 0 Å². The number of aromatic amines is 1. The molecule has 0 fully saturated rings. The molecule has 0 atom stereocenters. The summed E-state index contributed by atoms with van der Waals surface area (Å²) < 4.78 is 5.13. The van der Waals surface area contributed by atoms with Gasteiger partial charge in [0.25, 0.3) is 5.89 Å². The van der Waals surface area contributed by atoms with Crippen LogP contribution in [0.25, 0.3) is 23.0 Å². The second kappa shape index (κ2) is 4.11. The summed E-state index contributed by atoms with van der Waals surface area (Å²) in [6.45, 7) is 0. The summed E-state index contributed by atoms with van der Waals surface area (Å²) in [6.07, 6.45) is 1.50. The molecule has 3 rings (SSSR count). The maximum absolute atomic E-state index is 5.90. The van der Waals surface area contributed by atoms with Gasteiger partial charge < -0.3 is 10.3 Å². The Labute approximate surface area is 106 Å². The summed E-state index contributed by atoms with van der Waals surface area (Å²) >= 11 is 5.90. The molecule has 0 spiro atoms. The van der Waals surface area contributed by atoms with Crippen LogP contribution in [0.2, 0.25) is 5.02 Å². The zero-order valence-electron chi connectivity index (χ0n) is 8.96. The van der Waals surface area contributed by atoms with E-state index in [-0.39, 0.29) is 5.89 Å². The fourth-order valence-electron chi connectivity index (χ4n) is 1.46. The van der Waals surface area contributed by atoms with Gasteiger partial charge in [-0.2, -0.15) is 20.4 Å². The Balaban J connectivity index is 2.05. The van der Waals surface area contributed by atoms with Gasteiger partial charge in [-0.25, -0.2) is 0 Å². The third kappa shape index (κ3) is 1.80. The molecule has 3 N–H and O–H groups in total. The molecular weight excluding hydrogens is 256 g/mol. The predicted molar refractivity (Wildman–Crippen MR) is 64.5 cm³/mol. The van der Waals surface area contributed by atoms with Crippen molar-refractivity contribution in [1.29, 1.82) is 0 Å². The number of nitrogen functional groups attached to an aromatic ring is 1. The van der Waals surface area contributed by atoms with E-state index in [0.29, 0.717) is 27.8 Å². The van der Waals surface area contributed by atoms with Crippen molar-refractivity contribution in [2.45, 2.75) is 0 Å². The normalized spacial score (nSPS) is 10.7. The van der Waals surface area contributed by atoms with E-state index in [4.69, 9.17) is 21.9 Å². The van der Waals surface area contributed by atoms with Crippen molar-refractivity contribution < 1.29 is 4.52 Å². The van der Waals surface area contributed by atoms with Crippen molar-refractivity contribution in [2.75, 3.05) is 5.73 Å². The number of rotatable bonds is 2. The third-order valence-corrected chi connectivity index (χ3v) is 2.55. The first-order chi connectivity index (χ1) is 8.74. The number of anilines is 1. The van der Waals surface area contributed by atoms with E-state index >= 15 is 0 Å². The van der Waals surface area contributed by atoms with Crippen LogP contribution in [0.3, 0.4) is 0 Å². The van der Waals surface area contributed by atoms with E-state index in [1.54, 1.807) is 18.2 Å². The number of nitrogens with zero attached hydrogens (tertiary/aromatic N) is 4. The number of nitrogens with one attached hydrogen (secondary N) is 1. The molecule has 0 aliphatic rings. The summed E-state index contributed by atoms with van der Waals surface area (Å²) in [7, 11) is 0. The van der Waals surface area contributed by atoms with Crippen LogP contribution < -0.4 is 5.73 Å². The smallest absolute Gasteiger partial charge is 0.260 e. The first kappa shape index (κ1) is 10.7. The lowest BCUT2D eigenvalue weighted by Crippen LogP contribution is -1.90. The Morgan fingerprint density at radius 3 is 3.00 bits per heavy atom. The molecule has 0 saturated carbocycles. The number of H-pyrrole nitrogens is 1. The van der Waals surface area contributed by atoms with E-state index in [2.05, 4.69) is 25.6 Å².